The summed E-state index contributed by atoms with van der Waals surface area (Å²) in [5, 5.41) is 12.6. The number of ether oxygens (including phenoxy) is 1. The third-order valence-electron chi connectivity index (χ3n) is 7.52. The van der Waals surface area contributed by atoms with E-state index in [2.05, 4.69) is 48.5 Å². The van der Waals surface area contributed by atoms with Crippen LogP contribution in [0.1, 0.15) is 126 Å². The maximum absolute atomic E-state index is 10.9. The van der Waals surface area contributed by atoms with Gasteiger partial charge in [-0.05, 0) is 46.5 Å². The molecule has 0 spiro atoms. The lowest BCUT2D eigenvalue weighted by molar-refractivity contribution is -0.294. The first kappa shape index (κ1) is 24.9. The van der Waals surface area contributed by atoms with Gasteiger partial charge in [-0.2, -0.15) is 5.06 Å². The zero-order valence-electron chi connectivity index (χ0n) is 19.5. The lowest BCUT2D eigenvalue weighted by atomic mass is 9.69. The van der Waals surface area contributed by atoms with Crippen LogP contribution in [0.3, 0.4) is 0 Å². The predicted molar refractivity (Wildman–Crippen MR) is 116 cm³/mol. The highest BCUT2D eigenvalue weighted by Crippen LogP contribution is 2.45. The van der Waals surface area contributed by atoms with Crippen molar-refractivity contribution in [2.24, 2.45) is 5.92 Å². The number of hydroxylamine groups is 2. The normalized spacial score (nSPS) is 33.3. The molecule has 5 unspecified atom stereocenters. The van der Waals surface area contributed by atoms with Crippen molar-refractivity contribution in [2.75, 3.05) is 0 Å². The van der Waals surface area contributed by atoms with Crippen molar-refractivity contribution in [1.82, 2.24) is 5.06 Å². The van der Waals surface area contributed by atoms with Gasteiger partial charge < -0.3 is 9.94 Å². The number of rotatable bonds is 13. The van der Waals surface area contributed by atoms with Gasteiger partial charge in [0, 0.05) is 17.0 Å². The molecule has 1 aliphatic heterocycles. The second kappa shape index (κ2) is 11.8. The van der Waals surface area contributed by atoms with E-state index in [1.165, 1.54) is 51.4 Å². The molecule has 0 aromatic rings. The van der Waals surface area contributed by atoms with E-state index in [-0.39, 0.29) is 17.2 Å². The van der Waals surface area contributed by atoms with E-state index >= 15 is 0 Å². The van der Waals surface area contributed by atoms with Gasteiger partial charge in [0.25, 0.3) is 0 Å². The van der Waals surface area contributed by atoms with E-state index in [1.807, 2.05) is 0 Å². The quantitative estimate of drug-likeness (QED) is 0.337. The van der Waals surface area contributed by atoms with Crippen molar-refractivity contribution >= 4 is 0 Å². The van der Waals surface area contributed by atoms with E-state index in [4.69, 9.17) is 4.74 Å². The molecule has 0 aliphatic carbocycles. The van der Waals surface area contributed by atoms with Crippen LogP contribution in [0, 0.1) is 5.92 Å². The van der Waals surface area contributed by atoms with Crippen LogP contribution in [0.5, 0.6) is 0 Å². The van der Waals surface area contributed by atoms with E-state index in [0.717, 1.165) is 25.7 Å². The molecule has 3 heteroatoms. The first-order chi connectivity index (χ1) is 12.7. The van der Waals surface area contributed by atoms with Gasteiger partial charge in [-0.3, -0.25) is 0 Å². The maximum Gasteiger partial charge on any atom is 0.0641 e. The van der Waals surface area contributed by atoms with E-state index in [9.17, 15) is 5.21 Å². The fraction of sp³-hybridized carbons (Fsp3) is 1.00. The van der Waals surface area contributed by atoms with Crippen molar-refractivity contribution < 1.29 is 9.94 Å². The van der Waals surface area contributed by atoms with Crippen LogP contribution in [0.4, 0.5) is 0 Å². The Labute approximate surface area is 170 Å². The second-order valence-corrected chi connectivity index (χ2v) is 9.61. The predicted octanol–water partition coefficient (Wildman–Crippen LogP) is 7.36. The molecule has 162 valence electrons. The molecular formula is C24H49NO2. The van der Waals surface area contributed by atoms with Crippen LogP contribution in [-0.4, -0.2) is 33.6 Å². The minimum absolute atomic E-state index is 0.194. The fourth-order valence-corrected chi connectivity index (χ4v) is 4.77. The summed E-state index contributed by atoms with van der Waals surface area (Å²) in [6.07, 6.45) is 15.4. The highest BCUT2D eigenvalue weighted by atomic mass is 16.5. The molecule has 1 rings (SSSR count). The fourth-order valence-electron chi connectivity index (χ4n) is 4.77. The molecule has 5 atom stereocenters. The lowest BCUT2D eigenvalue weighted by Crippen LogP contribution is -2.67. The number of nitrogens with zero attached hydrogens (tertiary/aromatic N) is 1. The molecule has 27 heavy (non-hydrogen) atoms. The smallest absolute Gasteiger partial charge is 0.0641 e. The van der Waals surface area contributed by atoms with Crippen molar-refractivity contribution in [1.29, 1.82) is 0 Å². The highest BCUT2D eigenvalue weighted by Gasteiger charge is 2.53. The molecule has 0 aromatic heterocycles. The molecule has 0 aromatic carbocycles. The van der Waals surface area contributed by atoms with Crippen molar-refractivity contribution in [3.63, 3.8) is 0 Å². The van der Waals surface area contributed by atoms with Gasteiger partial charge in [0.15, 0.2) is 0 Å². The summed E-state index contributed by atoms with van der Waals surface area (Å²) in [5.41, 5.74) is -0.411. The summed E-state index contributed by atoms with van der Waals surface area (Å²) in [5.74, 6) is 0.327. The monoisotopic (exact) mass is 383 g/mol. The van der Waals surface area contributed by atoms with Crippen LogP contribution in [-0.2, 0) is 4.74 Å². The number of hydrogen-bond donors (Lipinski definition) is 1. The van der Waals surface area contributed by atoms with Crippen LogP contribution < -0.4 is 0 Å². The first-order valence-corrected chi connectivity index (χ1v) is 11.9. The Morgan fingerprint density at radius 3 is 2.04 bits per heavy atom. The highest BCUT2D eigenvalue weighted by molar-refractivity contribution is 5.03. The third-order valence-corrected chi connectivity index (χ3v) is 7.52. The van der Waals surface area contributed by atoms with Gasteiger partial charge in [-0.25, -0.2) is 0 Å². The Bertz CT molecular complexity index is 402. The van der Waals surface area contributed by atoms with E-state index in [1.54, 1.807) is 5.06 Å². The van der Waals surface area contributed by atoms with Gasteiger partial charge in [0.1, 0.15) is 0 Å². The minimum atomic E-state index is -0.216. The van der Waals surface area contributed by atoms with Crippen LogP contribution >= 0.6 is 0 Å². The first-order valence-electron chi connectivity index (χ1n) is 11.9. The third kappa shape index (κ3) is 6.72. The number of hydrogen-bond acceptors (Lipinski definition) is 3. The summed E-state index contributed by atoms with van der Waals surface area (Å²) < 4.78 is 6.57. The second-order valence-electron chi connectivity index (χ2n) is 9.61. The van der Waals surface area contributed by atoms with Gasteiger partial charge in [-0.15, -0.1) is 0 Å². The standard InChI is InChI=1S/C24H49NO2/c1-8-11-12-13-14-15-16-17-18-20(4)27-22-19-23(6,9-2)25(26)24(7,10-3)21(22)5/h20-22,26H,8-19H2,1-7H3. The molecule has 0 saturated carbocycles. The number of unbranched alkanes of at least 4 members (excludes halogenated alkanes) is 7. The van der Waals surface area contributed by atoms with Gasteiger partial charge in [0.2, 0.25) is 0 Å². The number of piperidine rings is 1. The summed E-state index contributed by atoms with van der Waals surface area (Å²) in [6, 6.07) is 0. The zero-order chi connectivity index (χ0) is 20.5. The summed E-state index contributed by atoms with van der Waals surface area (Å²) in [6.45, 7) is 15.5. The Kier molecular flexibility index (Phi) is 10.9. The zero-order valence-corrected chi connectivity index (χ0v) is 19.5. The van der Waals surface area contributed by atoms with Crippen molar-refractivity contribution in [2.45, 2.75) is 149 Å². The molecule has 1 aliphatic rings. The van der Waals surface area contributed by atoms with Gasteiger partial charge in [0.05, 0.1) is 12.2 Å². The maximum atomic E-state index is 10.9. The molecule has 0 bridgehead atoms. The molecule has 3 nitrogen and oxygen atoms in total. The van der Waals surface area contributed by atoms with Crippen LogP contribution in [0.25, 0.3) is 0 Å². The molecule has 0 radical (unpaired) electrons. The summed E-state index contributed by atoms with van der Waals surface area (Å²) in [7, 11) is 0. The molecule has 1 saturated heterocycles. The Morgan fingerprint density at radius 2 is 1.52 bits per heavy atom. The van der Waals surface area contributed by atoms with Crippen LogP contribution in [0.2, 0.25) is 0 Å². The van der Waals surface area contributed by atoms with Crippen LogP contribution in [0.15, 0.2) is 0 Å². The molecule has 1 N–H and O–H groups in total. The Balaban J connectivity index is 2.44. The van der Waals surface area contributed by atoms with E-state index in [0.29, 0.717) is 12.0 Å². The molecular weight excluding hydrogens is 334 g/mol. The lowest BCUT2D eigenvalue weighted by Gasteiger charge is -2.57. The van der Waals surface area contributed by atoms with E-state index < -0.39 is 0 Å². The average Bonchev–Trinajstić information content (AvgIpc) is 2.66. The Morgan fingerprint density at radius 1 is 0.963 bits per heavy atom. The van der Waals surface area contributed by atoms with Gasteiger partial charge in [-0.1, -0.05) is 79.1 Å². The summed E-state index contributed by atoms with van der Waals surface area (Å²) in [4.78, 5) is 0. The summed E-state index contributed by atoms with van der Waals surface area (Å²) >= 11 is 0. The molecule has 1 fully saturated rings. The average molecular weight is 384 g/mol. The Hall–Kier alpha value is -0.120. The van der Waals surface area contributed by atoms with Gasteiger partial charge >= 0.3 is 0 Å². The largest absolute Gasteiger partial charge is 0.375 e. The molecule has 1 heterocycles. The topological polar surface area (TPSA) is 32.7 Å². The molecule has 0 amide bonds. The van der Waals surface area contributed by atoms with Crippen molar-refractivity contribution in [3.8, 4) is 0 Å². The minimum Gasteiger partial charge on any atom is -0.375 e. The SMILES string of the molecule is CCCCCCCCCCC(C)OC1CC(C)(CC)N(O)C(C)(CC)C1C. The van der Waals surface area contributed by atoms with Crippen molar-refractivity contribution in [3.05, 3.63) is 0 Å².